The number of nitrogens with one attached hydrogen (secondary N) is 2. The summed E-state index contributed by atoms with van der Waals surface area (Å²) in [5.41, 5.74) is 1.68. The number of aromatic nitrogens is 2. The van der Waals surface area contributed by atoms with Crippen molar-refractivity contribution in [1.29, 1.82) is 0 Å². The smallest absolute Gasteiger partial charge is 0.296 e. The number of rotatable bonds is 6. The fraction of sp³-hybridized carbons (Fsp3) is 0.120. The predicted molar refractivity (Wildman–Crippen MR) is 132 cm³/mol. The van der Waals surface area contributed by atoms with E-state index in [4.69, 9.17) is 0 Å². The van der Waals surface area contributed by atoms with Gasteiger partial charge in [0.25, 0.3) is 21.5 Å². The average molecular weight is 495 g/mol. The van der Waals surface area contributed by atoms with E-state index in [1.807, 2.05) is 6.07 Å². The molecule has 0 atom stereocenters. The molecule has 0 bridgehead atoms. The maximum absolute atomic E-state index is 13.3. The number of sulfonamides is 1. The molecule has 0 saturated heterocycles. The van der Waals surface area contributed by atoms with Gasteiger partial charge >= 0.3 is 0 Å². The molecular weight excluding hydrogens is 471 g/mol. The molecule has 10 heteroatoms. The molecule has 0 aliphatic rings. The molecule has 8 nitrogen and oxygen atoms in total. The van der Waals surface area contributed by atoms with Crippen LogP contribution in [0.5, 0.6) is 0 Å². The Balaban J connectivity index is 1.57. The summed E-state index contributed by atoms with van der Waals surface area (Å²) in [5.74, 6) is -0.881. The van der Waals surface area contributed by atoms with Crippen LogP contribution in [0.2, 0.25) is 0 Å². The van der Waals surface area contributed by atoms with Gasteiger partial charge in [0.2, 0.25) is 0 Å². The summed E-state index contributed by atoms with van der Waals surface area (Å²) in [6, 6.07) is 18.2. The first-order chi connectivity index (χ1) is 16.6. The molecule has 2 N–H and O–H groups in total. The summed E-state index contributed by atoms with van der Waals surface area (Å²) >= 11 is 0. The van der Waals surface area contributed by atoms with Gasteiger partial charge in [-0.1, -0.05) is 18.2 Å². The number of anilines is 2. The normalized spacial score (nSPS) is 11.3. The molecule has 3 aromatic carbocycles. The Bertz CT molecular complexity index is 1570. The Morgan fingerprint density at radius 1 is 0.943 bits per heavy atom. The van der Waals surface area contributed by atoms with E-state index in [0.717, 1.165) is 0 Å². The Morgan fingerprint density at radius 2 is 1.60 bits per heavy atom. The summed E-state index contributed by atoms with van der Waals surface area (Å²) in [5, 5.41) is 2.67. The second-order valence-corrected chi connectivity index (χ2v) is 9.66. The van der Waals surface area contributed by atoms with Gasteiger partial charge in [-0.15, -0.1) is 0 Å². The quantitative estimate of drug-likeness (QED) is 0.423. The van der Waals surface area contributed by atoms with Gasteiger partial charge in [0.05, 0.1) is 16.3 Å². The molecule has 0 spiro atoms. The Kier molecular flexibility index (Phi) is 6.31. The lowest BCUT2D eigenvalue weighted by molar-refractivity contribution is 0.102. The number of hydrogen-bond donors (Lipinski definition) is 2. The van der Waals surface area contributed by atoms with Crippen LogP contribution in [0, 0.1) is 19.7 Å². The molecule has 0 aliphatic heterocycles. The van der Waals surface area contributed by atoms with Gasteiger partial charge in [0, 0.05) is 18.3 Å². The SMILES string of the molecule is Cc1cc(F)ccc1NC(=O)c1ccc(S(=O)(=O)Nc2c(C)n(C)n(-c3ccccc3)c2=O)cc1. The van der Waals surface area contributed by atoms with Crippen LogP contribution in [-0.2, 0) is 17.1 Å². The second kappa shape index (κ2) is 9.22. The zero-order valence-corrected chi connectivity index (χ0v) is 20.1. The zero-order valence-electron chi connectivity index (χ0n) is 19.2. The number of carbonyl (C=O) groups excluding carboxylic acids is 1. The molecule has 0 fully saturated rings. The topological polar surface area (TPSA) is 102 Å². The predicted octanol–water partition coefficient (Wildman–Crippen LogP) is 3.99. The lowest BCUT2D eigenvalue weighted by Gasteiger charge is -2.10. The highest BCUT2D eigenvalue weighted by Crippen LogP contribution is 2.21. The number of nitrogens with zero attached hydrogens (tertiary/aromatic N) is 2. The minimum atomic E-state index is -4.11. The van der Waals surface area contributed by atoms with E-state index in [1.54, 1.807) is 49.8 Å². The van der Waals surface area contributed by atoms with E-state index in [0.29, 0.717) is 22.6 Å². The number of carbonyl (C=O) groups is 1. The minimum Gasteiger partial charge on any atom is -0.322 e. The van der Waals surface area contributed by atoms with Crippen LogP contribution in [-0.4, -0.2) is 23.7 Å². The molecule has 0 unspecified atom stereocenters. The number of halogens is 1. The first kappa shape index (κ1) is 24.0. The van der Waals surface area contributed by atoms with E-state index in [9.17, 15) is 22.4 Å². The van der Waals surface area contributed by atoms with E-state index < -0.39 is 27.3 Å². The summed E-state index contributed by atoms with van der Waals surface area (Å²) in [6.07, 6.45) is 0. The molecule has 4 aromatic rings. The molecule has 1 amide bonds. The summed E-state index contributed by atoms with van der Waals surface area (Å²) in [7, 11) is -2.44. The van der Waals surface area contributed by atoms with Crippen molar-refractivity contribution in [3.8, 4) is 5.69 Å². The van der Waals surface area contributed by atoms with Gasteiger partial charge in [0.1, 0.15) is 11.5 Å². The maximum Gasteiger partial charge on any atom is 0.296 e. The van der Waals surface area contributed by atoms with Crippen LogP contribution in [0.15, 0.2) is 82.5 Å². The molecule has 1 aromatic heterocycles. The first-order valence-electron chi connectivity index (χ1n) is 10.6. The van der Waals surface area contributed by atoms with Gasteiger partial charge in [0.15, 0.2) is 0 Å². The van der Waals surface area contributed by atoms with Crippen LogP contribution < -0.4 is 15.6 Å². The van der Waals surface area contributed by atoms with Crippen LogP contribution in [0.4, 0.5) is 15.8 Å². The molecule has 180 valence electrons. The van der Waals surface area contributed by atoms with Gasteiger partial charge in [-0.25, -0.2) is 17.5 Å². The number of aryl methyl sites for hydroxylation is 1. The Morgan fingerprint density at radius 3 is 2.23 bits per heavy atom. The number of para-hydroxylation sites is 1. The van der Waals surface area contributed by atoms with Gasteiger partial charge in [-0.2, -0.15) is 0 Å². The zero-order chi connectivity index (χ0) is 25.3. The third-order valence-electron chi connectivity index (χ3n) is 5.65. The van der Waals surface area contributed by atoms with E-state index in [1.165, 1.54) is 47.1 Å². The van der Waals surface area contributed by atoms with Crippen molar-refractivity contribution < 1.29 is 17.6 Å². The first-order valence-corrected chi connectivity index (χ1v) is 12.1. The minimum absolute atomic E-state index is 0.0649. The largest absolute Gasteiger partial charge is 0.322 e. The number of benzene rings is 3. The molecule has 0 saturated carbocycles. The van der Waals surface area contributed by atoms with Crippen molar-refractivity contribution in [3.05, 3.63) is 106 Å². The van der Waals surface area contributed by atoms with Crippen molar-refractivity contribution >= 4 is 27.3 Å². The van der Waals surface area contributed by atoms with Gasteiger partial charge < -0.3 is 5.32 Å². The van der Waals surface area contributed by atoms with E-state index in [-0.39, 0.29) is 16.1 Å². The maximum atomic E-state index is 13.3. The molecule has 4 rings (SSSR count). The standard InChI is InChI=1S/C25H23FN4O4S/c1-16-15-19(26)11-14-22(16)27-24(31)18-9-12-21(13-10-18)35(33,34)28-23-17(2)29(3)30(25(23)32)20-7-5-4-6-8-20/h4-15,28H,1-3H3,(H,27,31). The highest BCUT2D eigenvalue weighted by Gasteiger charge is 2.23. The molecular formula is C25H23FN4O4S. The fourth-order valence-corrected chi connectivity index (χ4v) is 4.74. The summed E-state index contributed by atoms with van der Waals surface area (Å²) in [4.78, 5) is 25.5. The molecule has 35 heavy (non-hydrogen) atoms. The third-order valence-corrected chi connectivity index (χ3v) is 7.02. The fourth-order valence-electron chi connectivity index (χ4n) is 3.63. The monoisotopic (exact) mass is 494 g/mol. The van der Waals surface area contributed by atoms with Gasteiger partial charge in [-0.05, 0) is 74.0 Å². The van der Waals surface area contributed by atoms with Crippen LogP contribution in [0.25, 0.3) is 5.69 Å². The van der Waals surface area contributed by atoms with Crippen molar-refractivity contribution in [2.45, 2.75) is 18.7 Å². The van der Waals surface area contributed by atoms with Gasteiger partial charge in [-0.3, -0.25) is 19.0 Å². The summed E-state index contributed by atoms with van der Waals surface area (Å²) < 4.78 is 44.6. The second-order valence-electron chi connectivity index (χ2n) is 7.98. The highest BCUT2D eigenvalue weighted by molar-refractivity contribution is 7.92. The highest BCUT2D eigenvalue weighted by atomic mass is 32.2. The average Bonchev–Trinajstić information content (AvgIpc) is 3.04. The lowest BCUT2D eigenvalue weighted by atomic mass is 10.1. The van der Waals surface area contributed by atoms with Crippen molar-refractivity contribution in [3.63, 3.8) is 0 Å². The van der Waals surface area contributed by atoms with Crippen molar-refractivity contribution in [2.75, 3.05) is 10.0 Å². The molecule has 0 aliphatic carbocycles. The van der Waals surface area contributed by atoms with E-state index >= 15 is 0 Å². The Labute approximate surface area is 201 Å². The summed E-state index contributed by atoms with van der Waals surface area (Å²) in [6.45, 7) is 3.31. The van der Waals surface area contributed by atoms with Crippen LogP contribution in [0.3, 0.4) is 0 Å². The molecule has 0 radical (unpaired) electrons. The van der Waals surface area contributed by atoms with E-state index in [2.05, 4.69) is 10.0 Å². The Hall–Kier alpha value is -4.18. The lowest BCUT2D eigenvalue weighted by Crippen LogP contribution is -2.23. The van der Waals surface area contributed by atoms with Crippen molar-refractivity contribution in [2.24, 2.45) is 7.05 Å². The molecule has 1 heterocycles. The number of amides is 1. The van der Waals surface area contributed by atoms with Crippen LogP contribution >= 0.6 is 0 Å². The van der Waals surface area contributed by atoms with Crippen molar-refractivity contribution in [1.82, 2.24) is 9.36 Å². The van der Waals surface area contributed by atoms with Crippen LogP contribution in [0.1, 0.15) is 21.6 Å². The number of hydrogen-bond acceptors (Lipinski definition) is 4. The third kappa shape index (κ3) is 4.73.